The Bertz CT molecular complexity index is 442. The summed E-state index contributed by atoms with van der Waals surface area (Å²) in [5, 5.41) is 0.149. The molecule has 1 saturated carbocycles. The summed E-state index contributed by atoms with van der Waals surface area (Å²) < 4.78 is 13.4. The molecule has 0 bridgehead atoms. The summed E-state index contributed by atoms with van der Waals surface area (Å²) in [6.07, 6.45) is 4.88. The highest BCUT2D eigenvalue weighted by Crippen LogP contribution is 2.35. The fraction of sp³-hybridized carbons (Fsp3) is 0.600. The van der Waals surface area contributed by atoms with Gasteiger partial charge in [-0.15, -0.1) is 0 Å². The van der Waals surface area contributed by atoms with Crippen LogP contribution in [0.25, 0.3) is 0 Å². The first kappa shape index (κ1) is 14.4. The molecule has 2 N–H and O–H groups in total. The predicted molar refractivity (Wildman–Crippen MR) is 80.3 cm³/mol. The lowest BCUT2D eigenvalue weighted by Crippen LogP contribution is -2.36. The Balaban J connectivity index is 2.33. The van der Waals surface area contributed by atoms with Crippen LogP contribution in [0.2, 0.25) is 5.02 Å². The molecule has 19 heavy (non-hydrogen) atoms. The Hall–Kier alpha value is -0.960. The van der Waals surface area contributed by atoms with Crippen molar-refractivity contribution in [2.75, 3.05) is 17.2 Å². The third kappa shape index (κ3) is 3.33. The number of nitrogens with zero attached hydrogens (tertiary/aromatic N) is 1. The fourth-order valence-corrected chi connectivity index (χ4v) is 3.01. The van der Waals surface area contributed by atoms with Crippen molar-refractivity contribution in [1.29, 1.82) is 0 Å². The Labute approximate surface area is 119 Å². The fourth-order valence-electron chi connectivity index (χ4n) is 2.85. The van der Waals surface area contributed by atoms with Crippen LogP contribution >= 0.6 is 11.6 Å². The van der Waals surface area contributed by atoms with E-state index in [-0.39, 0.29) is 5.02 Å². The van der Waals surface area contributed by atoms with E-state index < -0.39 is 5.82 Å². The molecule has 0 amide bonds. The van der Waals surface area contributed by atoms with E-state index in [0.717, 1.165) is 12.2 Å². The molecule has 1 aromatic carbocycles. The predicted octanol–water partition coefficient (Wildman–Crippen LogP) is 4.47. The molecule has 2 nitrogen and oxygen atoms in total. The second-order valence-corrected chi connectivity index (χ2v) is 6.22. The highest BCUT2D eigenvalue weighted by atomic mass is 35.5. The van der Waals surface area contributed by atoms with Crippen LogP contribution in [-0.2, 0) is 0 Å². The number of benzene rings is 1. The molecule has 0 atom stereocenters. The molecule has 1 aliphatic rings. The molecule has 0 heterocycles. The summed E-state index contributed by atoms with van der Waals surface area (Å²) in [6, 6.07) is 3.51. The summed E-state index contributed by atoms with van der Waals surface area (Å²) in [5.41, 5.74) is 7.36. The van der Waals surface area contributed by atoms with E-state index in [1.807, 2.05) is 0 Å². The van der Waals surface area contributed by atoms with Gasteiger partial charge in [-0.3, -0.25) is 0 Å². The van der Waals surface area contributed by atoms with Gasteiger partial charge in [-0.25, -0.2) is 4.39 Å². The monoisotopic (exact) mass is 284 g/mol. The number of hydrogen-bond acceptors (Lipinski definition) is 2. The van der Waals surface area contributed by atoms with E-state index in [1.165, 1.54) is 31.7 Å². The highest BCUT2D eigenvalue weighted by Gasteiger charge is 2.25. The van der Waals surface area contributed by atoms with Crippen molar-refractivity contribution in [3.05, 3.63) is 23.0 Å². The Kier molecular flexibility index (Phi) is 4.56. The molecular formula is C15H22ClFN2. The number of nitrogens with two attached hydrogens (primary N) is 1. The Morgan fingerprint density at radius 2 is 2.00 bits per heavy atom. The molecule has 1 aliphatic carbocycles. The number of halogens is 2. The van der Waals surface area contributed by atoms with Gasteiger partial charge in [-0.2, -0.15) is 0 Å². The van der Waals surface area contributed by atoms with Gasteiger partial charge in [-0.05, 0) is 24.8 Å². The van der Waals surface area contributed by atoms with E-state index in [4.69, 9.17) is 17.3 Å². The first-order valence-electron chi connectivity index (χ1n) is 7.00. The van der Waals surface area contributed by atoms with Crippen LogP contribution in [0.5, 0.6) is 0 Å². The molecule has 0 saturated heterocycles. The quantitative estimate of drug-likeness (QED) is 0.827. The van der Waals surface area contributed by atoms with Gasteiger partial charge in [0.15, 0.2) is 0 Å². The third-order valence-electron chi connectivity index (χ3n) is 3.71. The van der Waals surface area contributed by atoms with Crippen LogP contribution < -0.4 is 10.6 Å². The van der Waals surface area contributed by atoms with E-state index in [2.05, 4.69) is 18.7 Å². The van der Waals surface area contributed by atoms with Crippen LogP contribution in [0.4, 0.5) is 15.8 Å². The second-order valence-electron chi connectivity index (χ2n) is 5.81. The summed E-state index contributed by atoms with van der Waals surface area (Å²) >= 11 is 5.92. The molecule has 0 aromatic heterocycles. The van der Waals surface area contributed by atoms with Gasteiger partial charge in [0.2, 0.25) is 0 Å². The molecule has 1 aromatic rings. The van der Waals surface area contributed by atoms with Crippen molar-refractivity contribution < 1.29 is 4.39 Å². The summed E-state index contributed by atoms with van der Waals surface area (Å²) in [6.45, 7) is 5.30. The van der Waals surface area contributed by atoms with Crippen LogP contribution in [0.3, 0.4) is 0 Å². The van der Waals surface area contributed by atoms with Crippen molar-refractivity contribution >= 4 is 23.0 Å². The van der Waals surface area contributed by atoms with Gasteiger partial charge < -0.3 is 10.6 Å². The zero-order valence-electron chi connectivity index (χ0n) is 11.6. The van der Waals surface area contributed by atoms with Crippen LogP contribution in [0, 0.1) is 11.7 Å². The Morgan fingerprint density at radius 3 is 2.58 bits per heavy atom. The van der Waals surface area contributed by atoms with Gasteiger partial charge in [0, 0.05) is 18.7 Å². The highest BCUT2D eigenvalue weighted by molar-refractivity contribution is 6.31. The minimum Gasteiger partial charge on any atom is -0.397 e. The topological polar surface area (TPSA) is 29.3 Å². The lowest BCUT2D eigenvalue weighted by molar-refractivity contribution is 0.536. The zero-order chi connectivity index (χ0) is 14.0. The summed E-state index contributed by atoms with van der Waals surface area (Å²) in [5.74, 6) is 0.0858. The lowest BCUT2D eigenvalue weighted by Gasteiger charge is -2.33. The van der Waals surface area contributed by atoms with Gasteiger partial charge in [0.05, 0.1) is 16.4 Å². The SMILES string of the molecule is CC(C)CN(c1cc(Cl)c(F)cc1N)C1CCCC1. The minimum absolute atomic E-state index is 0.149. The first-order chi connectivity index (χ1) is 8.99. The summed E-state index contributed by atoms with van der Waals surface area (Å²) in [4.78, 5) is 2.32. The summed E-state index contributed by atoms with van der Waals surface area (Å²) in [7, 11) is 0. The van der Waals surface area contributed by atoms with Gasteiger partial charge in [0.25, 0.3) is 0 Å². The van der Waals surface area contributed by atoms with E-state index >= 15 is 0 Å². The van der Waals surface area contributed by atoms with Crippen molar-refractivity contribution in [3.63, 3.8) is 0 Å². The molecule has 4 heteroatoms. The van der Waals surface area contributed by atoms with Crippen molar-refractivity contribution in [3.8, 4) is 0 Å². The van der Waals surface area contributed by atoms with Gasteiger partial charge >= 0.3 is 0 Å². The average molecular weight is 285 g/mol. The Morgan fingerprint density at radius 1 is 1.37 bits per heavy atom. The van der Waals surface area contributed by atoms with E-state index in [9.17, 15) is 4.39 Å². The second kappa shape index (κ2) is 6.00. The van der Waals surface area contributed by atoms with E-state index in [1.54, 1.807) is 6.07 Å². The lowest BCUT2D eigenvalue weighted by atomic mass is 10.1. The van der Waals surface area contributed by atoms with Crippen LogP contribution in [-0.4, -0.2) is 12.6 Å². The standard InChI is InChI=1S/C15H22ClFN2/c1-10(2)9-19(11-5-3-4-6-11)15-7-12(16)13(17)8-14(15)18/h7-8,10-11H,3-6,9,18H2,1-2H3. The van der Waals surface area contributed by atoms with Crippen molar-refractivity contribution in [2.24, 2.45) is 5.92 Å². The first-order valence-corrected chi connectivity index (χ1v) is 7.38. The largest absolute Gasteiger partial charge is 0.397 e. The maximum Gasteiger partial charge on any atom is 0.143 e. The average Bonchev–Trinajstić information content (AvgIpc) is 2.84. The molecule has 1 fully saturated rings. The normalized spacial score (nSPS) is 16.3. The third-order valence-corrected chi connectivity index (χ3v) is 4.00. The number of anilines is 2. The molecule has 0 spiro atoms. The molecular weight excluding hydrogens is 263 g/mol. The van der Waals surface area contributed by atoms with Crippen LogP contribution in [0.1, 0.15) is 39.5 Å². The zero-order valence-corrected chi connectivity index (χ0v) is 12.4. The number of nitrogen functional groups attached to an aromatic ring is 1. The van der Waals surface area contributed by atoms with Gasteiger partial charge in [-0.1, -0.05) is 38.3 Å². The molecule has 0 unspecified atom stereocenters. The minimum atomic E-state index is -0.446. The molecule has 106 valence electrons. The number of rotatable bonds is 4. The molecule has 2 rings (SSSR count). The van der Waals surface area contributed by atoms with Crippen molar-refractivity contribution in [2.45, 2.75) is 45.6 Å². The van der Waals surface area contributed by atoms with Gasteiger partial charge in [0.1, 0.15) is 5.82 Å². The number of hydrogen-bond donors (Lipinski definition) is 1. The maximum absolute atomic E-state index is 13.4. The van der Waals surface area contributed by atoms with E-state index in [0.29, 0.717) is 17.6 Å². The smallest absolute Gasteiger partial charge is 0.143 e. The van der Waals surface area contributed by atoms with Crippen molar-refractivity contribution in [1.82, 2.24) is 0 Å². The molecule has 0 radical (unpaired) electrons. The maximum atomic E-state index is 13.4. The van der Waals surface area contributed by atoms with Crippen LogP contribution in [0.15, 0.2) is 12.1 Å². The molecule has 0 aliphatic heterocycles.